The third-order valence-electron chi connectivity index (χ3n) is 4.73. The summed E-state index contributed by atoms with van der Waals surface area (Å²) in [5.74, 6) is 0.0489. The highest BCUT2D eigenvalue weighted by Crippen LogP contribution is 2.20. The lowest BCUT2D eigenvalue weighted by Crippen LogP contribution is -2.10. The van der Waals surface area contributed by atoms with Crippen LogP contribution in [0.2, 0.25) is 0 Å². The highest BCUT2D eigenvalue weighted by molar-refractivity contribution is 5.97. The van der Waals surface area contributed by atoms with Gasteiger partial charge in [0.1, 0.15) is 17.9 Å². The number of Topliss-reactive ketones (excluding diaryl/α,β-unsaturated/α-hetero) is 1. The number of hydrogen-bond donors (Lipinski definition) is 0. The van der Waals surface area contributed by atoms with Crippen LogP contribution in [0.25, 0.3) is 11.0 Å². The van der Waals surface area contributed by atoms with E-state index < -0.39 is 11.6 Å². The van der Waals surface area contributed by atoms with Gasteiger partial charge in [-0.25, -0.2) is 4.79 Å². The molecule has 2 aromatic carbocycles. The zero-order valence-electron chi connectivity index (χ0n) is 17.1. The lowest BCUT2D eigenvalue weighted by molar-refractivity contribution is -0.144. The van der Waals surface area contributed by atoms with Crippen molar-refractivity contribution >= 4 is 22.7 Å². The number of carbonyl (C=O) groups is 2. The summed E-state index contributed by atoms with van der Waals surface area (Å²) in [6.45, 7) is 4.40. The van der Waals surface area contributed by atoms with Crippen molar-refractivity contribution in [2.75, 3.05) is 6.61 Å². The van der Waals surface area contributed by atoms with Gasteiger partial charge in [0.15, 0.2) is 5.78 Å². The molecule has 0 N–H and O–H groups in total. The number of carbonyl (C=O) groups excluding carboxylic acids is 2. The van der Waals surface area contributed by atoms with Gasteiger partial charge in [-0.05, 0) is 49.2 Å². The van der Waals surface area contributed by atoms with Gasteiger partial charge >= 0.3 is 11.6 Å². The Labute approximate surface area is 174 Å². The molecule has 0 radical (unpaired) electrons. The van der Waals surface area contributed by atoms with Crippen molar-refractivity contribution in [2.45, 2.75) is 39.7 Å². The maximum absolute atomic E-state index is 12.3. The predicted octanol–water partition coefficient (Wildman–Crippen LogP) is 4.46. The first kappa shape index (κ1) is 21.3. The van der Waals surface area contributed by atoms with E-state index in [0.29, 0.717) is 29.1 Å². The summed E-state index contributed by atoms with van der Waals surface area (Å²) < 4.78 is 15.9. The zero-order chi connectivity index (χ0) is 21.5. The first-order valence-electron chi connectivity index (χ1n) is 9.97. The molecule has 6 nitrogen and oxygen atoms in total. The van der Waals surface area contributed by atoms with Crippen molar-refractivity contribution in [3.8, 4) is 5.75 Å². The average Bonchev–Trinajstić information content (AvgIpc) is 2.75. The topological polar surface area (TPSA) is 82.8 Å². The summed E-state index contributed by atoms with van der Waals surface area (Å²) in [5, 5.41) is 0.727. The molecule has 0 aliphatic heterocycles. The number of hydrogen-bond acceptors (Lipinski definition) is 6. The number of ketones is 1. The normalized spacial score (nSPS) is 10.7. The van der Waals surface area contributed by atoms with E-state index in [1.54, 1.807) is 24.3 Å². The Bertz CT molecular complexity index is 1090. The van der Waals surface area contributed by atoms with Crippen LogP contribution < -0.4 is 10.4 Å². The van der Waals surface area contributed by atoms with Crippen molar-refractivity contribution in [3.63, 3.8) is 0 Å². The Morgan fingerprint density at radius 3 is 2.43 bits per heavy atom. The summed E-state index contributed by atoms with van der Waals surface area (Å²) in [6, 6.07) is 13.8. The van der Waals surface area contributed by atoms with E-state index >= 15 is 0 Å². The maximum atomic E-state index is 12.3. The molecule has 0 saturated heterocycles. The van der Waals surface area contributed by atoms with Crippen LogP contribution in [-0.2, 0) is 22.6 Å². The van der Waals surface area contributed by atoms with Crippen molar-refractivity contribution in [3.05, 3.63) is 75.6 Å². The Hall–Kier alpha value is -3.41. The molecule has 0 amide bonds. The van der Waals surface area contributed by atoms with E-state index in [1.807, 2.05) is 32.0 Å². The molecular formula is C24H24O6. The van der Waals surface area contributed by atoms with Crippen molar-refractivity contribution in [2.24, 2.45) is 0 Å². The summed E-state index contributed by atoms with van der Waals surface area (Å²) in [6.07, 6.45) is 0.830. The highest BCUT2D eigenvalue weighted by Gasteiger charge is 2.13. The van der Waals surface area contributed by atoms with Gasteiger partial charge in [0, 0.05) is 29.0 Å². The molecule has 0 aliphatic carbocycles. The molecule has 0 unspecified atom stereocenters. The highest BCUT2D eigenvalue weighted by atomic mass is 16.5. The molecule has 1 heterocycles. The molecule has 0 atom stereocenters. The van der Waals surface area contributed by atoms with Gasteiger partial charge in [-0.2, -0.15) is 0 Å². The minimum Gasteiger partial charge on any atom is -0.494 e. The third kappa shape index (κ3) is 5.35. The Kier molecular flexibility index (Phi) is 7.01. The SMILES string of the molecule is CCOc1ccc(C(=O)CCC(=O)OCc2cc(=O)oc3cc(CC)ccc23)cc1. The van der Waals surface area contributed by atoms with Gasteiger partial charge in [0.25, 0.3) is 0 Å². The molecule has 0 bridgehead atoms. The van der Waals surface area contributed by atoms with Crippen LogP contribution in [0.4, 0.5) is 0 Å². The van der Waals surface area contributed by atoms with E-state index in [-0.39, 0.29) is 25.2 Å². The van der Waals surface area contributed by atoms with Crippen LogP contribution >= 0.6 is 0 Å². The van der Waals surface area contributed by atoms with Gasteiger partial charge in [-0.15, -0.1) is 0 Å². The molecule has 0 fully saturated rings. The molecule has 30 heavy (non-hydrogen) atoms. The molecular weight excluding hydrogens is 384 g/mol. The summed E-state index contributed by atoms with van der Waals surface area (Å²) in [5.41, 5.74) is 2.12. The van der Waals surface area contributed by atoms with Gasteiger partial charge in [-0.1, -0.05) is 19.1 Å². The van der Waals surface area contributed by atoms with Gasteiger partial charge in [-0.3, -0.25) is 9.59 Å². The molecule has 0 saturated carbocycles. The lowest BCUT2D eigenvalue weighted by Gasteiger charge is -2.08. The molecule has 3 rings (SSSR count). The number of esters is 1. The second-order valence-electron chi connectivity index (χ2n) is 6.82. The average molecular weight is 408 g/mol. The van der Waals surface area contributed by atoms with E-state index in [1.165, 1.54) is 6.07 Å². The number of ether oxygens (including phenoxy) is 2. The lowest BCUT2D eigenvalue weighted by atomic mass is 10.1. The van der Waals surface area contributed by atoms with E-state index in [9.17, 15) is 14.4 Å². The molecule has 1 aromatic heterocycles. The Morgan fingerprint density at radius 2 is 1.73 bits per heavy atom. The Balaban J connectivity index is 1.58. The minimum absolute atomic E-state index is 0.0363. The zero-order valence-corrected chi connectivity index (χ0v) is 17.1. The number of rotatable bonds is 9. The second kappa shape index (κ2) is 9.87. The molecule has 3 aromatic rings. The first-order valence-corrected chi connectivity index (χ1v) is 9.97. The number of aryl methyl sites for hydroxylation is 1. The van der Waals surface area contributed by atoms with Crippen LogP contribution in [0.1, 0.15) is 48.2 Å². The van der Waals surface area contributed by atoms with Crippen LogP contribution in [0.3, 0.4) is 0 Å². The monoisotopic (exact) mass is 408 g/mol. The fourth-order valence-corrected chi connectivity index (χ4v) is 3.11. The van der Waals surface area contributed by atoms with Crippen molar-refractivity contribution < 1.29 is 23.5 Å². The van der Waals surface area contributed by atoms with Crippen LogP contribution in [-0.4, -0.2) is 18.4 Å². The standard InChI is InChI=1S/C24H24O6/c1-3-16-5-10-20-18(14-24(27)30-22(20)13-16)15-29-23(26)12-11-21(25)17-6-8-19(9-7-17)28-4-2/h5-10,13-14H,3-4,11-12,15H2,1-2H3. The van der Waals surface area contributed by atoms with Gasteiger partial charge in [0.05, 0.1) is 13.0 Å². The van der Waals surface area contributed by atoms with Crippen molar-refractivity contribution in [1.82, 2.24) is 0 Å². The molecule has 0 spiro atoms. The minimum atomic E-state index is -0.499. The van der Waals surface area contributed by atoms with Crippen LogP contribution in [0.15, 0.2) is 57.7 Å². The summed E-state index contributed by atoms with van der Waals surface area (Å²) >= 11 is 0. The molecule has 156 valence electrons. The van der Waals surface area contributed by atoms with E-state index in [2.05, 4.69) is 0 Å². The van der Waals surface area contributed by atoms with Gasteiger partial charge in [0.2, 0.25) is 0 Å². The fraction of sp³-hybridized carbons (Fsp3) is 0.292. The van der Waals surface area contributed by atoms with Crippen molar-refractivity contribution in [1.29, 1.82) is 0 Å². The fourth-order valence-electron chi connectivity index (χ4n) is 3.11. The first-order chi connectivity index (χ1) is 14.5. The van der Waals surface area contributed by atoms with E-state index in [0.717, 1.165) is 17.4 Å². The van der Waals surface area contributed by atoms with Crippen LogP contribution in [0, 0.1) is 0 Å². The quantitative estimate of drug-likeness (QED) is 0.295. The van der Waals surface area contributed by atoms with E-state index in [4.69, 9.17) is 13.9 Å². The largest absolute Gasteiger partial charge is 0.494 e. The van der Waals surface area contributed by atoms with Gasteiger partial charge < -0.3 is 13.9 Å². The third-order valence-corrected chi connectivity index (χ3v) is 4.73. The molecule has 0 aliphatic rings. The number of fused-ring (bicyclic) bond motifs is 1. The predicted molar refractivity (Wildman–Crippen MR) is 113 cm³/mol. The maximum Gasteiger partial charge on any atom is 0.336 e. The second-order valence-corrected chi connectivity index (χ2v) is 6.82. The molecule has 6 heteroatoms. The smallest absolute Gasteiger partial charge is 0.336 e. The summed E-state index contributed by atoms with van der Waals surface area (Å²) in [7, 11) is 0. The summed E-state index contributed by atoms with van der Waals surface area (Å²) in [4.78, 5) is 36.2. The number of benzene rings is 2. The van der Waals surface area contributed by atoms with Crippen LogP contribution in [0.5, 0.6) is 5.75 Å². The Morgan fingerprint density at radius 1 is 0.967 bits per heavy atom.